The predicted molar refractivity (Wildman–Crippen MR) is 41.6 cm³/mol. The Balaban J connectivity index is 3.62. The van der Waals surface area contributed by atoms with E-state index in [0.717, 1.165) is 5.57 Å². The largest absolute Gasteiger partial charge is 0.396 e. The van der Waals surface area contributed by atoms with Crippen LogP contribution in [-0.2, 0) is 0 Å². The molecule has 10 heavy (non-hydrogen) atoms. The van der Waals surface area contributed by atoms with E-state index in [1.807, 2.05) is 0 Å². The van der Waals surface area contributed by atoms with Crippen LogP contribution < -0.4 is 0 Å². The smallest absolute Gasteiger partial charge is 0.0484 e. The minimum absolute atomic E-state index is 0.00333. The molecule has 0 saturated carbocycles. The van der Waals surface area contributed by atoms with Gasteiger partial charge in [-0.2, -0.15) is 0 Å². The third kappa shape index (κ3) is 3.43. The van der Waals surface area contributed by atoms with Gasteiger partial charge in [0.2, 0.25) is 0 Å². The molecule has 0 aromatic carbocycles. The first kappa shape index (κ1) is 9.40. The normalized spacial score (nSPS) is 9.90. The Kier molecular flexibility index (Phi) is 4.89. The van der Waals surface area contributed by atoms with Crippen LogP contribution in [0.15, 0.2) is 24.8 Å². The van der Waals surface area contributed by atoms with Crippen LogP contribution in [0.5, 0.6) is 0 Å². The van der Waals surface area contributed by atoms with E-state index in [2.05, 4.69) is 13.2 Å². The highest BCUT2D eigenvalue weighted by Crippen LogP contribution is 2.08. The molecule has 0 spiro atoms. The molecule has 0 amide bonds. The van der Waals surface area contributed by atoms with Crippen molar-refractivity contribution < 1.29 is 10.2 Å². The summed E-state index contributed by atoms with van der Waals surface area (Å²) in [6.45, 7) is 7.19. The van der Waals surface area contributed by atoms with Gasteiger partial charge >= 0.3 is 0 Å². The third-order valence-corrected chi connectivity index (χ3v) is 1.36. The minimum atomic E-state index is -0.0782. The maximum Gasteiger partial charge on any atom is 0.0484 e. The SMILES string of the molecule is C=CC(=C)CC(CO)CO. The van der Waals surface area contributed by atoms with Crippen molar-refractivity contribution in [1.82, 2.24) is 0 Å². The fourth-order valence-corrected chi connectivity index (χ4v) is 0.641. The zero-order valence-corrected chi connectivity index (χ0v) is 6.08. The van der Waals surface area contributed by atoms with Crippen molar-refractivity contribution >= 4 is 0 Å². The van der Waals surface area contributed by atoms with Gasteiger partial charge in [-0.15, -0.1) is 0 Å². The number of rotatable bonds is 5. The topological polar surface area (TPSA) is 40.5 Å². The van der Waals surface area contributed by atoms with Crippen LogP contribution in [0.2, 0.25) is 0 Å². The number of hydrogen-bond donors (Lipinski definition) is 2. The molecule has 0 bridgehead atoms. The first-order chi connectivity index (χ1) is 4.74. The van der Waals surface area contributed by atoms with E-state index in [-0.39, 0.29) is 19.1 Å². The van der Waals surface area contributed by atoms with Gasteiger partial charge in [-0.3, -0.25) is 0 Å². The lowest BCUT2D eigenvalue weighted by Gasteiger charge is -2.09. The lowest BCUT2D eigenvalue weighted by molar-refractivity contribution is 0.150. The van der Waals surface area contributed by atoms with E-state index in [1.54, 1.807) is 6.08 Å². The molecule has 58 valence electrons. The molecular weight excluding hydrogens is 128 g/mol. The second-order valence-electron chi connectivity index (χ2n) is 2.30. The van der Waals surface area contributed by atoms with Gasteiger partial charge in [0.05, 0.1) is 0 Å². The van der Waals surface area contributed by atoms with Crippen LogP contribution in [-0.4, -0.2) is 23.4 Å². The standard InChI is InChI=1S/C8H14O2/c1-3-7(2)4-8(5-9)6-10/h3,8-10H,1-2,4-6H2. The van der Waals surface area contributed by atoms with Gasteiger partial charge in [-0.05, 0) is 6.42 Å². The number of aliphatic hydroxyl groups excluding tert-OH is 2. The highest BCUT2D eigenvalue weighted by atomic mass is 16.3. The van der Waals surface area contributed by atoms with E-state index in [9.17, 15) is 0 Å². The van der Waals surface area contributed by atoms with Gasteiger partial charge in [-0.1, -0.05) is 24.8 Å². The summed E-state index contributed by atoms with van der Waals surface area (Å²) in [6.07, 6.45) is 2.26. The third-order valence-electron chi connectivity index (χ3n) is 1.36. The Morgan fingerprint density at radius 3 is 2.20 bits per heavy atom. The summed E-state index contributed by atoms with van der Waals surface area (Å²) in [7, 11) is 0. The lowest BCUT2D eigenvalue weighted by atomic mass is 10.0. The Bertz CT molecular complexity index is 114. The summed E-state index contributed by atoms with van der Waals surface area (Å²) >= 11 is 0. The van der Waals surface area contributed by atoms with E-state index >= 15 is 0 Å². The minimum Gasteiger partial charge on any atom is -0.396 e. The average Bonchev–Trinajstić information content (AvgIpc) is 1.99. The number of allylic oxidation sites excluding steroid dienone is 2. The highest BCUT2D eigenvalue weighted by Gasteiger charge is 2.04. The molecule has 0 atom stereocenters. The Labute approximate surface area is 61.5 Å². The van der Waals surface area contributed by atoms with Crippen LogP contribution >= 0.6 is 0 Å². The zero-order chi connectivity index (χ0) is 7.98. The van der Waals surface area contributed by atoms with Crippen LogP contribution in [0.4, 0.5) is 0 Å². The molecule has 0 aliphatic rings. The molecule has 0 aromatic heterocycles. The Morgan fingerprint density at radius 1 is 1.40 bits per heavy atom. The monoisotopic (exact) mass is 142 g/mol. The fraction of sp³-hybridized carbons (Fsp3) is 0.500. The highest BCUT2D eigenvalue weighted by molar-refractivity contribution is 5.11. The summed E-state index contributed by atoms with van der Waals surface area (Å²) in [5, 5.41) is 17.3. The van der Waals surface area contributed by atoms with Crippen molar-refractivity contribution in [3.05, 3.63) is 24.8 Å². The van der Waals surface area contributed by atoms with Crippen molar-refractivity contribution in [2.45, 2.75) is 6.42 Å². The van der Waals surface area contributed by atoms with E-state index < -0.39 is 0 Å². The van der Waals surface area contributed by atoms with Gasteiger partial charge in [0.1, 0.15) is 0 Å². The second-order valence-corrected chi connectivity index (χ2v) is 2.30. The maximum absolute atomic E-state index is 8.64. The van der Waals surface area contributed by atoms with Crippen molar-refractivity contribution in [1.29, 1.82) is 0 Å². The van der Waals surface area contributed by atoms with Gasteiger partial charge in [0.15, 0.2) is 0 Å². The van der Waals surface area contributed by atoms with E-state index in [4.69, 9.17) is 10.2 Å². The van der Waals surface area contributed by atoms with Gasteiger partial charge in [0, 0.05) is 19.1 Å². The molecule has 2 N–H and O–H groups in total. The molecule has 0 saturated heterocycles. The summed E-state index contributed by atoms with van der Waals surface area (Å²) in [5.41, 5.74) is 0.855. The Morgan fingerprint density at radius 2 is 1.90 bits per heavy atom. The van der Waals surface area contributed by atoms with Crippen molar-refractivity contribution in [3.63, 3.8) is 0 Å². The molecule has 0 aliphatic carbocycles. The van der Waals surface area contributed by atoms with E-state index in [1.165, 1.54) is 0 Å². The molecule has 0 rings (SSSR count). The summed E-state index contributed by atoms with van der Waals surface area (Å²) < 4.78 is 0. The van der Waals surface area contributed by atoms with Crippen molar-refractivity contribution in [2.24, 2.45) is 5.92 Å². The van der Waals surface area contributed by atoms with Crippen LogP contribution in [0.3, 0.4) is 0 Å². The maximum atomic E-state index is 8.64. The molecule has 0 heterocycles. The molecule has 2 heteroatoms. The first-order valence-corrected chi connectivity index (χ1v) is 3.26. The number of aliphatic hydroxyl groups is 2. The van der Waals surface area contributed by atoms with Gasteiger partial charge in [0.25, 0.3) is 0 Å². The van der Waals surface area contributed by atoms with Crippen LogP contribution in [0.1, 0.15) is 6.42 Å². The zero-order valence-electron chi connectivity index (χ0n) is 6.08. The van der Waals surface area contributed by atoms with Crippen molar-refractivity contribution in [3.8, 4) is 0 Å². The molecule has 2 nitrogen and oxygen atoms in total. The van der Waals surface area contributed by atoms with E-state index in [0.29, 0.717) is 6.42 Å². The molecule has 0 unspecified atom stereocenters. The molecular formula is C8H14O2. The van der Waals surface area contributed by atoms with Crippen LogP contribution in [0, 0.1) is 5.92 Å². The fourth-order valence-electron chi connectivity index (χ4n) is 0.641. The Hall–Kier alpha value is -0.600. The summed E-state index contributed by atoms with van der Waals surface area (Å²) in [5.74, 6) is -0.0782. The van der Waals surface area contributed by atoms with Gasteiger partial charge in [-0.25, -0.2) is 0 Å². The van der Waals surface area contributed by atoms with Crippen molar-refractivity contribution in [2.75, 3.05) is 13.2 Å². The number of hydrogen-bond acceptors (Lipinski definition) is 2. The lowest BCUT2D eigenvalue weighted by Crippen LogP contribution is -2.10. The first-order valence-electron chi connectivity index (χ1n) is 3.26. The molecule has 0 aromatic rings. The predicted octanol–water partition coefficient (Wildman–Crippen LogP) is 0.719. The van der Waals surface area contributed by atoms with Crippen LogP contribution in [0.25, 0.3) is 0 Å². The second kappa shape index (κ2) is 5.21. The summed E-state index contributed by atoms with van der Waals surface area (Å²) in [4.78, 5) is 0. The molecule has 0 radical (unpaired) electrons. The average molecular weight is 142 g/mol. The summed E-state index contributed by atoms with van der Waals surface area (Å²) in [6, 6.07) is 0. The van der Waals surface area contributed by atoms with Gasteiger partial charge < -0.3 is 10.2 Å². The molecule has 0 fully saturated rings. The quantitative estimate of drug-likeness (QED) is 0.555. The molecule has 0 aliphatic heterocycles.